The second kappa shape index (κ2) is 6.96. The zero-order valence-corrected chi connectivity index (χ0v) is 12.1. The molecular weight excluding hydrogens is 280 g/mol. The summed E-state index contributed by atoms with van der Waals surface area (Å²) in [5.74, 6) is 0.835. The van der Waals surface area contributed by atoms with E-state index in [1.54, 1.807) is 0 Å². The first kappa shape index (κ1) is 14.4. The van der Waals surface area contributed by atoms with Gasteiger partial charge in [0.1, 0.15) is 10.8 Å². The van der Waals surface area contributed by atoms with Gasteiger partial charge in [0, 0.05) is 23.9 Å². The highest BCUT2D eigenvalue weighted by Crippen LogP contribution is 2.14. The van der Waals surface area contributed by atoms with Crippen LogP contribution in [0.1, 0.15) is 22.8 Å². The quantitative estimate of drug-likeness (QED) is 0.855. The zero-order chi connectivity index (χ0) is 13.7. The minimum atomic E-state index is 0.0707. The Balaban J connectivity index is 1.95. The molecule has 1 atom stereocenters. The summed E-state index contributed by atoms with van der Waals surface area (Å²) < 4.78 is 4.36. The summed E-state index contributed by atoms with van der Waals surface area (Å²) in [6.45, 7) is 0.609. The molecule has 2 rings (SSSR count). The summed E-state index contributed by atoms with van der Waals surface area (Å²) in [7, 11) is 0. The third kappa shape index (κ3) is 4.54. The second-order valence-electron chi connectivity index (χ2n) is 4.45. The number of hydrogen-bond acceptors (Lipinski definition) is 5. The van der Waals surface area contributed by atoms with Crippen molar-refractivity contribution in [3.8, 4) is 0 Å². The Bertz CT molecular complexity index is 512. The number of halogens is 1. The fourth-order valence-corrected chi connectivity index (χ4v) is 2.65. The van der Waals surface area contributed by atoms with E-state index in [0.29, 0.717) is 6.54 Å². The molecule has 0 saturated heterocycles. The lowest BCUT2D eigenvalue weighted by atomic mass is 10.1. The second-order valence-corrected chi connectivity index (χ2v) is 5.72. The Morgan fingerprint density at radius 3 is 2.68 bits per heavy atom. The third-order valence-corrected chi connectivity index (χ3v) is 3.78. The smallest absolute Gasteiger partial charge is 0.146 e. The van der Waals surface area contributed by atoms with Crippen LogP contribution in [-0.2, 0) is 12.8 Å². The van der Waals surface area contributed by atoms with Crippen molar-refractivity contribution in [1.29, 1.82) is 0 Å². The van der Waals surface area contributed by atoms with Gasteiger partial charge in [0.25, 0.3) is 0 Å². The van der Waals surface area contributed by atoms with Crippen molar-refractivity contribution in [2.24, 2.45) is 11.5 Å². The number of nitrogens with two attached hydrogens (primary N) is 2. The fourth-order valence-electron chi connectivity index (χ4n) is 1.77. The average molecular weight is 297 g/mol. The molecule has 0 aliphatic carbocycles. The van der Waals surface area contributed by atoms with Gasteiger partial charge in [-0.25, -0.2) is 4.98 Å². The predicted octanol–water partition coefficient (Wildman–Crippen LogP) is 2.00. The molecular formula is C13H17ClN4S. The van der Waals surface area contributed by atoms with Gasteiger partial charge in [-0.15, -0.1) is 0 Å². The van der Waals surface area contributed by atoms with Gasteiger partial charge in [-0.1, -0.05) is 23.7 Å². The highest BCUT2D eigenvalue weighted by molar-refractivity contribution is 7.05. The van der Waals surface area contributed by atoms with Crippen LogP contribution in [-0.4, -0.2) is 21.9 Å². The maximum atomic E-state index is 5.94. The molecule has 4 nitrogen and oxygen atoms in total. The summed E-state index contributed by atoms with van der Waals surface area (Å²) in [6.07, 6.45) is 2.28. The molecule has 102 valence electrons. The van der Waals surface area contributed by atoms with Crippen molar-refractivity contribution in [2.45, 2.75) is 25.3 Å². The van der Waals surface area contributed by atoms with Crippen LogP contribution in [0.5, 0.6) is 0 Å². The van der Waals surface area contributed by atoms with E-state index in [4.69, 9.17) is 23.1 Å². The Hall–Kier alpha value is -1.01. The molecule has 0 aliphatic rings. The van der Waals surface area contributed by atoms with Crippen LogP contribution in [0.2, 0.25) is 5.02 Å². The van der Waals surface area contributed by atoms with Crippen LogP contribution in [0.4, 0.5) is 0 Å². The highest BCUT2D eigenvalue weighted by Gasteiger charge is 2.09. The molecule has 0 amide bonds. The van der Waals surface area contributed by atoms with Gasteiger partial charge in [0.15, 0.2) is 0 Å². The van der Waals surface area contributed by atoms with Crippen LogP contribution in [0.25, 0.3) is 0 Å². The van der Waals surface area contributed by atoms with Crippen molar-refractivity contribution < 1.29 is 0 Å². The van der Waals surface area contributed by atoms with Crippen molar-refractivity contribution in [1.82, 2.24) is 9.36 Å². The maximum Gasteiger partial charge on any atom is 0.146 e. The number of aromatic nitrogens is 2. The Labute approximate surface area is 122 Å². The maximum absolute atomic E-state index is 5.94. The highest BCUT2D eigenvalue weighted by atomic mass is 35.5. The molecule has 19 heavy (non-hydrogen) atoms. The molecule has 1 aromatic carbocycles. The Kier molecular flexibility index (Phi) is 5.27. The van der Waals surface area contributed by atoms with Gasteiger partial charge in [0.05, 0.1) is 0 Å². The molecule has 6 heteroatoms. The van der Waals surface area contributed by atoms with Crippen LogP contribution in [0, 0.1) is 0 Å². The molecule has 0 fully saturated rings. The molecule has 0 saturated carbocycles. The van der Waals surface area contributed by atoms with Crippen LogP contribution < -0.4 is 11.5 Å². The van der Waals surface area contributed by atoms with E-state index in [2.05, 4.69) is 9.36 Å². The van der Waals surface area contributed by atoms with Gasteiger partial charge in [-0.05, 0) is 42.2 Å². The largest absolute Gasteiger partial charge is 0.330 e. The van der Waals surface area contributed by atoms with E-state index < -0.39 is 0 Å². The van der Waals surface area contributed by atoms with Gasteiger partial charge in [-0.3, -0.25) is 0 Å². The minimum absolute atomic E-state index is 0.0707. The normalized spacial score (nSPS) is 12.6. The molecule has 2 aromatic rings. The van der Waals surface area contributed by atoms with E-state index >= 15 is 0 Å². The molecule has 0 bridgehead atoms. The first-order valence-electron chi connectivity index (χ1n) is 6.19. The van der Waals surface area contributed by atoms with Crippen molar-refractivity contribution in [2.75, 3.05) is 6.54 Å². The van der Waals surface area contributed by atoms with Gasteiger partial charge >= 0.3 is 0 Å². The molecule has 1 heterocycles. The predicted molar refractivity (Wildman–Crippen MR) is 79.5 cm³/mol. The number of hydrogen-bond donors (Lipinski definition) is 2. The lowest BCUT2D eigenvalue weighted by molar-refractivity contribution is 0.616. The first-order valence-corrected chi connectivity index (χ1v) is 7.34. The molecule has 1 aromatic heterocycles. The summed E-state index contributed by atoms with van der Waals surface area (Å²) >= 11 is 7.27. The molecule has 0 radical (unpaired) electrons. The van der Waals surface area contributed by atoms with Crippen LogP contribution in [0.15, 0.2) is 24.3 Å². The van der Waals surface area contributed by atoms with Crippen molar-refractivity contribution in [3.05, 3.63) is 45.7 Å². The first-order chi connectivity index (χ1) is 9.17. The minimum Gasteiger partial charge on any atom is -0.330 e. The van der Waals surface area contributed by atoms with E-state index in [9.17, 15) is 0 Å². The van der Waals surface area contributed by atoms with Gasteiger partial charge in [-0.2, -0.15) is 4.37 Å². The summed E-state index contributed by atoms with van der Waals surface area (Å²) in [5, 5.41) is 1.72. The molecule has 4 N–H and O–H groups in total. The van der Waals surface area contributed by atoms with E-state index in [1.165, 1.54) is 11.5 Å². The molecule has 0 aliphatic heterocycles. The van der Waals surface area contributed by atoms with E-state index in [0.717, 1.165) is 40.7 Å². The standard InChI is InChI=1S/C13H17ClN4S/c14-10-3-1-9(2-4-10)7-12-17-13(19-18-12)8-11(16)5-6-15/h1-4,11H,5-8,15-16H2. The number of benzene rings is 1. The third-order valence-electron chi connectivity index (χ3n) is 2.76. The average Bonchev–Trinajstić information content (AvgIpc) is 2.80. The summed E-state index contributed by atoms with van der Waals surface area (Å²) in [6, 6.07) is 7.80. The zero-order valence-electron chi connectivity index (χ0n) is 10.6. The summed E-state index contributed by atoms with van der Waals surface area (Å²) in [5.41, 5.74) is 12.6. The molecule has 0 spiro atoms. The van der Waals surface area contributed by atoms with Crippen molar-refractivity contribution >= 4 is 23.1 Å². The molecule has 1 unspecified atom stereocenters. The van der Waals surface area contributed by atoms with Gasteiger partial charge in [0.2, 0.25) is 0 Å². The number of rotatable bonds is 6. The van der Waals surface area contributed by atoms with Gasteiger partial charge < -0.3 is 11.5 Å². The van der Waals surface area contributed by atoms with E-state index in [1.807, 2.05) is 24.3 Å². The lowest BCUT2D eigenvalue weighted by Crippen LogP contribution is -2.25. The number of nitrogens with zero attached hydrogens (tertiary/aromatic N) is 2. The topological polar surface area (TPSA) is 77.8 Å². The van der Waals surface area contributed by atoms with Crippen LogP contribution in [0.3, 0.4) is 0 Å². The van der Waals surface area contributed by atoms with E-state index in [-0.39, 0.29) is 6.04 Å². The fraction of sp³-hybridized carbons (Fsp3) is 0.385. The SMILES string of the molecule is NCCC(N)Cc1nc(Cc2ccc(Cl)cc2)ns1. The Morgan fingerprint density at radius 2 is 2.00 bits per heavy atom. The summed E-state index contributed by atoms with van der Waals surface area (Å²) in [4.78, 5) is 4.50. The monoisotopic (exact) mass is 296 g/mol. The van der Waals surface area contributed by atoms with Crippen LogP contribution >= 0.6 is 23.1 Å². The van der Waals surface area contributed by atoms with Crippen molar-refractivity contribution in [3.63, 3.8) is 0 Å². The Morgan fingerprint density at radius 1 is 1.26 bits per heavy atom. The lowest BCUT2D eigenvalue weighted by Gasteiger charge is -2.06.